The van der Waals surface area contributed by atoms with Gasteiger partial charge in [-0.05, 0) is 90.4 Å². The summed E-state index contributed by atoms with van der Waals surface area (Å²) in [5, 5.41) is 3.61. The maximum atomic E-state index is 3.67. The van der Waals surface area contributed by atoms with Crippen molar-refractivity contribution in [1.82, 2.24) is 5.32 Å². The highest BCUT2D eigenvalue weighted by Gasteiger charge is 2.66. The van der Waals surface area contributed by atoms with E-state index in [2.05, 4.69) is 41.3 Å². The SMILES string of the molecule is CNC(c1cc(C)c(Br)s1)C1C2C3CCC(C3)C21. The Labute approximate surface area is 121 Å². The van der Waals surface area contributed by atoms with Crippen LogP contribution in [0.2, 0.25) is 0 Å². The molecule has 3 aliphatic rings. The molecule has 3 aliphatic carbocycles. The smallest absolute Gasteiger partial charge is 0.0731 e. The van der Waals surface area contributed by atoms with Crippen molar-refractivity contribution in [3.8, 4) is 0 Å². The van der Waals surface area contributed by atoms with Gasteiger partial charge in [-0.2, -0.15) is 0 Å². The fraction of sp³-hybridized carbons (Fsp3) is 0.733. The molecule has 1 N–H and O–H groups in total. The van der Waals surface area contributed by atoms with Crippen molar-refractivity contribution in [1.29, 1.82) is 0 Å². The Balaban J connectivity index is 1.60. The molecule has 18 heavy (non-hydrogen) atoms. The molecule has 0 aromatic carbocycles. The molecule has 5 atom stereocenters. The van der Waals surface area contributed by atoms with Crippen molar-refractivity contribution in [3.05, 3.63) is 20.3 Å². The van der Waals surface area contributed by atoms with E-state index >= 15 is 0 Å². The molecule has 1 heterocycles. The lowest BCUT2D eigenvalue weighted by Gasteiger charge is -2.18. The third-order valence-electron chi connectivity index (χ3n) is 5.67. The predicted molar refractivity (Wildman–Crippen MR) is 79.9 cm³/mol. The Morgan fingerprint density at radius 2 is 2.00 bits per heavy atom. The standard InChI is InChI=1S/C15H20BrNS/c1-7-5-10(18-15(7)16)14(17-2)13-11-8-3-4-9(6-8)12(11)13/h5,8-9,11-14,17H,3-4,6H2,1-2H3. The van der Waals surface area contributed by atoms with Crippen LogP contribution in [0, 0.1) is 36.5 Å². The lowest BCUT2D eigenvalue weighted by Crippen LogP contribution is -2.20. The van der Waals surface area contributed by atoms with Gasteiger partial charge in [-0.25, -0.2) is 0 Å². The van der Waals surface area contributed by atoms with Crippen LogP contribution in [-0.2, 0) is 0 Å². The molecule has 0 saturated heterocycles. The van der Waals surface area contributed by atoms with Crippen LogP contribution in [0.15, 0.2) is 9.85 Å². The number of hydrogen-bond acceptors (Lipinski definition) is 2. The highest BCUT2D eigenvalue weighted by atomic mass is 79.9. The molecule has 2 bridgehead atoms. The molecule has 4 rings (SSSR count). The lowest BCUT2D eigenvalue weighted by atomic mass is 9.96. The molecule has 1 nitrogen and oxygen atoms in total. The van der Waals surface area contributed by atoms with E-state index in [-0.39, 0.29) is 0 Å². The fourth-order valence-electron chi connectivity index (χ4n) is 5.00. The molecule has 1 aromatic heterocycles. The normalized spacial score (nSPS) is 42.1. The van der Waals surface area contributed by atoms with Crippen LogP contribution in [0.25, 0.3) is 0 Å². The first-order valence-electron chi connectivity index (χ1n) is 7.13. The summed E-state index contributed by atoms with van der Waals surface area (Å²) in [5.74, 6) is 5.20. The largest absolute Gasteiger partial charge is 0.312 e. The van der Waals surface area contributed by atoms with E-state index < -0.39 is 0 Å². The molecular weight excluding hydrogens is 306 g/mol. The van der Waals surface area contributed by atoms with E-state index in [1.54, 1.807) is 11.3 Å². The number of thiophene rings is 1. The molecule has 0 spiro atoms. The molecule has 3 saturated carbocycles. The van der Waals surface area contributed by atoms with Gasteiger partial charge >= 0.3 is 0 Å². The average molecular weight is 326 g/mol. The van der Waals surface area contributed by atoms with Gasteiger partial charge in [0.25, 0.3) is 0 Å². The van der Waals surface area contributed by atoms with Crippen molar-refractivity contribution in [3.63, 3.8) is 0 Å². The van der Waals surface area contributed by atoms with Gasteiger partial charge in [-0.3, -0.25) is 0 Å². The summed E-state index contributed by atoms with van der Waals surface area (Å²) < 4.78 is 1.31. The second-order valence-corrected chi connectivity index (χ2v) is 8.84. The first kappa shape index (κ1) is 11.9. The van der Waals surface area contributed by atoms with Gasteiger partial charge in [-0.1, -0.05) is 0 Å². The van der Waals surface area contributed by atoms with E-state index in [9.17, 15) is 0 Å². The zero-order chi connectivity index (χ0) is 12.4. The molecule has 0 aliphatic heterocycles. The van der Waals surface area contributed by atoms with Crippen molar-refractivity contribution in [2.75, 3.05) is 7.05 Å². The van der Waals surface area contributed by atoms with Crippen LogP contribution in [0.5, 0.6) is 0 Å². The van der Waals surface area contributed by atoms with Crippen molar-refractivity contribution in [2.45, 2.75) is 32.2 Å². The number of nitrogens with one attached hydrogen (secondary N) is 1. The van der Waals surface area contributed by atoms with E-state index in [1.165, 1.54) is 22.2 Å². The molecule has 5 unspecified atom stereocenters. The Hall–Kier alpha value is 0.140. The average Bonchev–Trinajstić information content (AvgIpc) is 2.69. The van der Waals surface area contributed by atoms with Crippen molar-refractivity contribution < 1.29 is 0 Å². The van der Waals surface area contributed by atoms with Crippen molar-refractivity contribution >= 4 is 27.3 Å². The fourth-order valence-corrected chi connectivity index (χ4v) is 6.74. The minimum atomic E-state index is 0.610. The summed E-state index contributed by atoms with van der Waals surface area (Å²) in [7, 11) is 2.14. The van der Waals surface area contributed by atoms with Gasteiger partial charge in [0.1, 0.15) is 0 Å². The summed E-state index contributed by atoms with van der Waals surface area (Å²) in [6.07, 6.45) is 4.59. The van der Waals surface area contributed by atoms with Crippen LogP contribution in [0.3, 0.4) is 0 Å². The van der Waals surface area contributed by atoms with E-state index in [4.69, 9.17) is 0 Å². The Bertz CT molecular complexity index is 447. The minimum absolute atomic E-state index is 0.610. The van der Waals surface area contributed by atoms with Crippen LogP contribution in [-0.4, -0.2) is 7.05 Å². The summed E-state index contributed by atoms with van der Waals surface area (Å²) in [6, 6.07) is 2.99. The Morgan fingerprint density at radius 1 is 1.33 bits per heavy atom. The van der Waals surface area contributed by atoms with Gasteiger partial charge in [0.2, 0.25) is 0 Å². The molecule has 98 valence electrons. The Morgan fingerprint density at radius 3 is 2.50 bits per heavy atom. The first-order chi connectivity index (χ1) is 8.70. The van der Waals surface area contributed by atoms with Gasteiger partial charge in [0.05, 0.1) is 3.79 Å². The maximum absolute atomic E-state index is 3.67. The number of halogens is 1. The summed E-state index contributed by atoms with van der Waals surface area (Å²) >= 11 is 5.60. The zero-order valence-electron chi connectivity index (χ0n) is 10.9. The minimum Gasteiger partial charge on any atom is -0.312 e. The molecule has 3 fully saturated rings. The molecule has 1 aromatic rings. The first-order valence-corrected chi connectivity index (χ1v) is 8.74. The number of rotatable bonds is 3. The predicted octanol–water partition coefficient (Wildman–Crippen LogP) is 4.37. The summed E-state index contributed by atoms with van der Waals surface area (Å²) in [4.78, 5) is 1.54. The second kappa shape index (κ2) is 4.07. The van der Waals surface area contributed by atoms with Gasteiger partial charge in [-0.15, -0.1) is 11.3 Å². The highest BCUT2D eigenvalue weighted by molar-refractivity contribution is 9.11. The van der Waals surface area contributed by atoms with Crippen LogP contribution in [0.4, 0.5) is 0 Å². The Kier molecular flexibility index (Phi) is 2.69. The highest BCUT2D eigenvalue weighted by Crippen LogP contribution is 2.72. The molecule has 0 radical (unpaired) electrons. The lowest BCUT2D eigenvalue weighted by molar-refractivity contribution is 0.389. The maximum Gasteiger partial charge on any atom is 0.0731 e. The second-order valence-electron chi connectivity index (χ2n) is 6.44. The van der Waals surface area contributed by atoms with E-state index in [1.807, 2.05) is 11.3 Å². The van der Waals surface area contributed by atoms with Crippen molar-refractivity contribution in [2.24, 2.45) is 29.6 Å². The number of aryl methyl sites for hydroxylation is 1. The summed E-state index contributed by atoms with van der Waals surface area (Å²) in [6.45, 7) is 2.20. The number of hydrogen-bond donors (Lipinski definition) is 1. The monoisotopic (exact) mass is 325 g/mol. The van der Waals surface area contributed by atoms with E-state index in [0.29, 0.717) is 6.04 Å². The van der Waals surface area contributed by atoms with Crippen LogP contribution >= 0.6 is 27.3 Å². The topological polar surface area (TPSA) is 12.0 Å². The quantitative estimate of drug-likeness (QED) is 0.870. The molecular formula is C15H20BrNS. The van der Waals surface area contributed by atoms with Gasteiger partial charge in [0, 0.05) is 10.9 Å². The third kappa shape index (κ3) is 1.53. The molecule has 3 heteroatoms. The zero-order valence-corrected chi connectivity index (χ0v) is 13.4. The van der Waals surface area contributed by atoms with Gasteiger partial charge in [0.15, 0.2) is 0 Å². The van der Waals surface area contributed by atoms with Crippen LogP contribution < -0.4 is 5.32 Å². The van der Waals surface area contributed by atoms with Crippen LogP contribution in [0.1, 0.15) is 35.7 Å². The number of fused-ring (bicyclic) bond motifs is 5. The molecule has 0 amide bonds. The summed E-state index contributed by atoms with van der Waals surface area (Å²) in [5.41, 5.74) is 1.39. The third-order valence-corrected chi connectivity index (χ3v) is 7.89. The van der Waals surface area contributed by atoms with Gasteiger partial charge < -0.3 is 5.32 Å². The van der Waals surface area contributed by atoms with E-state index in [0.717, 1.165) is 29.6 Å².